The maximum absolute atomic E-state index is 11.1. The minimum Gasteiger partial charge on any atom is -0.468 e. The van der Waals surface area contributed by atoms with Crippen LogP contribution in [0.15, 0.2) is 30.3 Å². The molecule has 1 rings (SSSR count). The first kappa shape index (κ1) is 15.0. The van der Waals surface area contributed by atoms with Crippen LogP contribution in [-0.2, 0) is 15.1 Å². The SMILES string of the molecule is COC(=O)C(N)CSCC(C)(O)c1ccccc1. The highest BCUT2D eigenvalue weighted by Crippen LogP contribution is 2.25. The Morgan fingerprint density at radius 3 is 2.67 bits per heavy atom. The highest BCUT2D eigenvalue weighted by Gasteiger charge is 2.24. The smallest absolute Gasteiger partial charge is 0.323 e. The molecule has 1 aromatic rings. The zero-order valence-corrected chi connectivity index (χ0v) is 11.4. The Bertz CT molecular complexity index is 381. The summed E-state index contributed by atoms with van der Waals surface area (Å²) >= 11 is 1.43. The van der Waals surface area contributed by atoms with Gasteiger partial charge >= 0.3 is 5.97 Å². The molecule has 0 heterocycles. The summed E-state index contributed by atoms with van der Waals surface area (Å²) in [6, 6.07) is 8.77. The Morgan fingerprint density at radius 1 is 1.50 bits per heavy atom. The molecule has 0 spiro atoms. The van der Waals surface area contributed by atoms with Crippen molar-refractivity contribution in [2.75, 3.05) is 18.6 Å². The second-order valence-corrected chi connectivity index (χ2v) is 5.31. The number of ether oxygens (including phenoxy) is 1. The Balaban J connectivity index is 2.46. The van der Waals surface area contributed by atoms with E-state index >= 15 is 0 Å². The first-order valence-corrected chi connectivity index (χ1v) is 6.82. The summed E-state index contributed by atoms with van der Waals surface area (Å²) in [5.41, 5.74) is 5.54. The number of esters is 1. The van der Waals surface area contributed by atoms with Crippen molar-refractivity contribution in [2.24, 2.45) is 5.73 Å². The maximum Gasteiger partial charge on any atom is 0.323 e. The molecule has 0 aliphatic heterocycles. The van der Waals surface area contributed by atoms with E-state index in [1.54, 1.807) is 6.92 Å². The van der Waals surface area contributed by atoms with Gasteiger partial charge in [0.15, 0.2) is 0 Å². The van der Waals surface area contributed by atoms with Crippen molar-refractivity contribution in [3.63, 3.8) is 0 Å². The summed E-state index contributed by atoms with van der Waals surface area (Å²) in [5.74, 6) is 0.471. The molecule has 100 valence electrons. The van der Waals surface area contributed by atoms with Gasteiger partial charge in [0.05, 0.1) is 12.7 Å². The Morgan fingerprint density at radius 2 is 2.11 bits per heavy atom. The number of hydrogen-bond donors (Lipinski definition) is 2. The zero-order chi connectivity index (χ0) is 13.6. The van der Waals surface area contributed by atoms with Crippen LogP contribution in [0, 0.1) is 0 Å². The standard InChI is InChI=1S/C13H19NO3S/c1-13(16,10-6-4-3-5-7-10)9-18-8-11(14)12(15)17-2/h3-7,11,16H,8-9,14H2,1-2H3. The summed E-state index contributed by atoms with van der Waals surface area (Å²) in [7, 11) is 1.31. The molecular weight excluding hydrogens is 250 g/mol. The molecule has 0 bridgehead atoms. The molecule has 0 aliphatic rings. The molecule has 0 saturated carbocycles. The monoisotopic (exact) mass is 269 g/mol. The number of carbonyl (C=O) groups is 1. The van der Waals surface area contributed by atoms with Crippen LogP contribution >= 0.6 is 11.8 Å². The van der Waals surface area contributed by atoms with E-state index in [0.717, 1.165) is 5.56 Å². The predicted molar refractivity (Wildman–Crippen MR) is 73.3 cm³/mol. The van der Waals surface area contributed by atoms with Crippen LogP contribution in [0.4, 0.5) is 0 Å². The number of methoxy groups -OCH3 is 1. The highest BCUT2D eigenvalue weighted by molar-refractivity contribution is 7.99. The summed E-state index contributed by atoms with van der Waals surface area (Å²) in [5, 5.41) is 10.3. The van der Waals surface area contributed by atoms with E-state index in [1.165, 1.54) is 18.9 Å². The molecular formula is C13H19NO3S. The van der Waals surface area contributed by atoms with Crippen LogP contribution < -0.4 is 5.73 Å². The number of aliphatic hydroxyl groups is 1. The third kappa shape index (κ3) is 4.33. The molecule has 2 atom stereocenters. The first-order valence-electron chi connectivity index (χ1n) is 5.66. The minimum absolute atomic E-state index is 0.426. The number of rotatable bonds is 6. The van der Waals surface area contributed by atoms with Gasteiger partial charge in [-0.05, 0) is 12.5 Å². The summed E-state index contributed by atoms with van der Waals surface area (Å²) in [4.78, 5) is 11.1. The quantitative estimate of drug-likeness (QED) is 0.757. The largest absolute Gasteiger partial charge is 0.468 e. The van der Waals surface area contributed by atoms with Crippen LogP contribution in [0.5, 0.6) is 0 Å². The number of hydrogen-bond acceptors (Lipinski definition) is 5. The molecule has 2 unspecified atom stereocenters. The Kier molecular flexibility index (Phi) is 5.65. The Hall–Kier alpha value is -1.04. The average molecular weight is 269 g/mol. The zero-order valence-electron chi connectivity index (χ0n) is 10.6. The van der Waals surface area contributed by atoms with Crippen molar-refractivity contribution in [1.82, 2.24) is 0 Å². The molecule has 1 aromatic carbocycles. The highest BCUT2D eigenvalue weighted by atomic mass is 32.2. The normalized spacial score (nSPS) is 15.8. The van der Waals surface area contributed by atoms with E-state index in [9.17, 15) is 9.90 Å². The van der Waals surface area contributed by atoms with Crippen molar-refractivity contribution in [3.05, 3.63) is 35.9 Å². The van der Waals surface area contributed by atoms with E-state index in [0.29, 0.717) is 11.5 Å². The minimum atomic E-state index is -0.929. The van der Waals surface area contributed by atoms with Crippen LogP contribution in [-0.4, -0.2) is 35.7 Å². The van der Waals surface area contributed by atoms with Crippen LogP contribution in [0.3, 0.4) is 0 Å². The third-order valence-electron chi connectivity index (χ3n) is 2.58. The Labute approximate surface area is 112 Å². The van der Waals surface area contributed by atoms with E-state index in [2.05, 4.69) is 4.74 Å². The second-order valence-electron chi connectivity index (χ2n) is 4.28. The van der Waals surface area contributed by atoms with E-state index in [4.69, 9.17) is 5.73 Å². The third-order valence-corrected chi connectivity index (χ3v) is 3.94. The van der Waals surface area contributed by atoms with Gasteiger partial charge in [-0.2, -0.15) is 11.8 Å². The molecule has 3 N–H and O–H groups in total. The molecule has 0 amide bonds. The first-order chi connectivity index (χ1) is 8.47. The number of benzene rings is 1. The molecule has 0 aliphatic carbocycles. The lowest BCUT2D eigenvalue weighted by Gasteiger charge is -2.23. The molecule has 0 aromatic heterocycles. The van der Waals surface area contributed by atoms with Crippen molar-refractivity contribution >= 4 is 17.7 Å². The van der Waals surface area contributed by atoms with E-state index in [-0.39, 0.29) is 0 Å². The van der Waals surface area contributed by atoms with E-state index in [1.807, 2.05) is 30.3 Å². The van der Waals surface area contributed by atoms with Crippen molar-refractivity contribution in [1.29, 1.82) is 0 Å². The lowest BCUT2D eigenvalue weighted by Crippen LogP contribution is -2.35. The summed E-state index contributed by atoms with van der Waals surface area (Å²) < 4.78 is 4.54. The molecule has 5 heteroatoms. The van der Waals surface area contributed by atoms with Gasteiger partial charge in [-0.1, -0.05) is 30.3 Å². The molecule has 0 fully saturated rings. The lowest BCUT2D eigenvalue weighted by atomic mass is 9.99. The number of thioether (sulfide) groups is 1. The van der Waals surface area contributed by atoms with Crippen LogP contribution in [0.25, 0.3) is 0 Å². The lowest BCUT2D eigenvalue weighted by molar-refractivity contribution is -0.141. The fraction of sp³-hybridized carbons (Fsp3) is 0.462. The predicted octanol–water partition coefficient (Wildman–Crippen LogP) is 1.13. The van der Waals surface area contributed by atoms with Gasteiger partial charge in [0, 0.05) is 11.5 Å². The van der Waals surface area contributed by atoms with Gasteiger partial charge in [0.2, 0.25) is 0 Å². The molecule has 18 heavy (non-hydrogen) atoms. The molecule has 0 radical (unpaired) electrons. The fourth-order valence-corrected chi connectivity index (χ4v) is 2.56. The van der Waals surface area contributed by atoms with Gasteiger partial charge in [0.25, 0.3) is 0 Å². The van der Waals surface area contributed by atoms with Crippen molar-refractivity contribution in [3.8, 4) is 0 Å². The summed E-state index contributed by atoms with van der Waals surface area (Å²) in [6.07, 6.45) is 0. The van der Waals surface area contributed by atoms with Crippen LogP contribution in [0.1, 0.15) is 12.5 Å². The fourth-order valence-electron chi connectivity index (χ4n) is 1.48. The molecule has 0 saturated heterocycles. The van der Waals surface area contributed by atoms with Gasteiger partial charge < -0.3 is 15.6 Å². The number of carbonyl (C=O) groups excluding carboxylic acids is 1. The topological polar surface area (TPSA) is 72.5 Å². The maximum atomic E-state index is 11.1. The number of nitrogens with two attached hydrogens (primary N) is 1. The van der Waals surface area contributed by atoms with Gasteiger partial charge in [-0.15, -0.1) is 0 Å². The van der Waals surface area contributed by atoms with Gasteiger partial charge in [-0.3, -0.25) is 4.79 Å². The van der Waals surface area contributed by atoms with Crippen LogP contribution in [0.2, 0.25) is 0 Å². The average Bonchev–Trinajstić information content (AvgIpc) is 2.38. The summed E-state index contributed by atoms with van der Waals surface area (Å²) in [6.45, 7) is 1.75. The van der Waals surface area contributed by atoms with Gasteiger partial charge in [-0.25, -0.2) is 0 Å². The van der Waals surface area contributed by atoms with E-state index < -0.39 is 17.6 Å². The van der Waals surface area contributed by atoms with Gasteiger partial charge in [0.1, 0.15) is 6.04 Å². The molecule has 4 nitrogen and oxygen atoms in total. The second kappa shape index (κ2) is 6.78. The van der Waals surface area contributed by atoms with Crippen molar-refractivity contribution < 1.29 is 14.6 Å². The van der Waals surface area contributed by atoms with Crippen molar-refractivity contribution in [2.45, 2.75) is 18.6 Å².